The zero-order valence-corrected chi connectivity index (χ0v) is 10.3. The van der Waals surface area contributed by atoms with Gasteiger partial charge in [0.25, 0.3) is 5.56 Å². The largest absolute Gasteiger partial charge is 0.481 e. The van der Waals surface area contributed by atoms with Crippen molar-refractivity contribution in [2.75, 3.05) is 5.32 Å². The van der Waals surface area contributed by atoms with Gasteiger partial charge in [0.2, 0.25) is 0 Å². The number of aromatic nitrogens is 2. The molecule has 2 rings (SSSR count). The number of carbonyl (C=O) groups is 1. The van der Waals surface area contributed by atoms with E-state index in [1.54, 1.807) is 17.0 Å². The minimum Gasteiger partial charge on any atom is -0.481 e. The third-order valence-corrected chi connectivity index (χ3v) is 3.38. The predicted molar refractivity (Wildman–Crippen MR) is 66.6 cm³/mol. The van der Waals surface area contributed by atoms with Gasteiger partial charge in [-0.2, -0.15) is 0 Å². The van der Waals surface area contributed by atoms with Crippen LogP contribution in [0.3, 0.4) is 0 Å². The first-order chi connectivity index (χ1) is 8.61. The maximum Gasteiger partial charge on any atom is 0.306 e. The van der Waals surface area contributed by atoms with Crippen LogP contribution in [0, 0.1) is 5.92 Å². The Hall–Kier alpha value is -1.85. The van der Waals surface area contributed by atoms with Crippen molar-refractivity contribution >= 4 is 11.8 Å². The zero-order chi connectivity index (χ0) is 13.1. The highest BCUT2D eigenvalue weighted by Crippen LogP contribution is 2.27. The zero-order valence-electron chi connectivity index (χ0n) is 10.3. The summed E-state index contributed by atoms with van der Waals surface area (Å²) < 4.78 is 1.57. The van der Waals surface area contributed by atoms with Gasteiger partial charge in [-0.3, -0.25) is 9.59 Å². The lowest BCUT2D eigenvalue weighted by Gasteiger charge is -2.13. The molecule has 1 heterocycles. The van der Waals surface area contributed by atoms with Gasteiger partial charge in [-0.1, -0.05) is 0 Å². The maximum atomic E-state index is 11.9. The molecule has 6 heteroatoms. The van der Waals surface area contributed by atoms with Gasteiger partial charge in [0.1, 0.15) is 0 Å². The maximum absolute atomic E-state index is 11.9. The average molecular weight is 251 g/mol. The van der Waals surface area contributed by atoms with Gasteiger partial charge in [0.05, 0.1) is 5.92 Å². The Morgan fingerprint density at radius 2 is 2.39 bits per heavy atom. The van der Waals surface area contributed by atoms with E-state index in [1.165, 1.54) is 0 Å². The molecule has 1 saturated carbocycles. The molecule has 1 fully saturated rings. The van der Waals surface area contributed by atoms with Crippen LogP contribution in [0.15, 0.2) is 17.2 Å². The van der Waals surface area contributed by atoms with E-state index in [4.69, 9.17) is 5.11 Å². The molecule has 0 unspecified atom stereocenters. The number of carboxylic acids is 1. The van der Waals surface area contributed by atoms with E-state index in [-0.39, 0.29) is 17.5 Å². The lowest BCUT2D eigenvalue weighted by atomic mass is 10.1. The van der Waals surface area contributed by atoms with Crippen molar-refractivity contribution in [2.45, 2.75) is 38.8 Å². The molecule has 98 valence electrons. The highest BCUT2D eigenvalue weighted by molar-refractivity contribution is 5.70. The number of aliphatic carboxylic acids is 1. The van der Waals surface area contributed by atoms with Crippen molar-refractivity contribution in [3.8, 4) is 0 Å². The second-order valence-corrected chi connectivity index (χ2v) is 4.56. The summed E-state index contributed by atoms with van der Waals surface area (Å²) >= 11 is 0. The van der Waals surface area contributed by atoms with Crippen molar-refractivity contribution in [3.63, 3.8) is 0 Å². The van der Waals surface area contributed by atoms with Gasteiger partial charge in [0.15, 0.2) is 5.82 Å². The molecular formula is C12H17N3O3. The molecule has 1 aliphatic rings. The van der Waals surface area contributed by atoms with Gasteiger partial charge in [0, 0.05) is 25.0 Å². The standard InChI is InChI=1S/C12H17N3O3/c1-2-15-6-5-13-10(11(15)16)14-9-4-3-8(7-9)12(17)18/h5-6,8-9H,2-4,7H2,1H3,(H,13,14)(H,17,18)/t8-,9+/m1/s1. The first-order valence-electron chi connectivity index (χ1n) is 6.16. The third kappa shape index (κ3) is 2.52. The summed E-state index contributed by atoms with van der Waals surface area (Å²) in [6.07, 6.45) is 5.19. The molecule has 2 atom stereocenters. The van der Waals surface area contributed by atoms with Gasteiger partial charge in [-0.25, -0.2) is 4.98 Å². The highest BCUT2D eigenvalue weighted by Gasteiger charge is 2.30. The van der Waals surface area contributed by atoms with Crippen molar-refractivity contribution in [2.24, 2.45) is 5.92 Å². The van der Waals surface area contributed by atoms with Gasteiger partial charge < -0.3 is 15.0 Å². The summed E-state index contributed by atoms with van der Waals surface area (Å²) in [5, 5.41) is 12.0. The fourth-order valence-corrected chi connectivity index (χ4v) is 2.33. The molecule has 6 nitrogen and oxygen atoms in total. The van der Waals surface area contributed by atoms with Crippen molar-refractivity contribution < 1.29 is 9.90 Å². The van der Waals surface area contributed by atoms with Crippen LogP contribution in [0.2, 0.25) is 0 Å². The van der Waals surface area contributed by atoms with Crippen LogP contribution in [0.1, 0.15) is 26.2 Å². The fraction of sp³-hybridized carbons (Fsp3) is 0.583. The molecule has 0 aliphatic heterocycles. The number of carboxylic acid groups (broad SMARTS) is 1. The Morgan fingerprint density at radius 3 is 3.00 bits per heavy atom. The summed E-state index contributed by atoms with van der Waals surface area (Å²) in [4.78, 5) is 26.8. The Labute approximate surface area is 105 Å². The lowest BCUT2D eigenvalue weighted by Crippen LogP contribution is -2.28. The molecule has 2 N–H and O–H groups in total. The molecule has 1 aliphatic carbocycles. The number of nitrogens with one attached hydrogen (secondary N) is 1. The van der Waals surface area contributed by atoms with E-state index in [0.717, 1.165) is 6.42 Å². The van der Waals surface area contributed by atoms with E-state index >= 15 is 0 Å². The summed E-state index contributed by atoms with van der Waals surface area (Å²) in [6.45, 7) is 2.49. The van der Waals surface area contributed by atoms with Crippen LogP contribution in [-0.4, -0.2) is 26.7 Å². The van der Waals surface area contributed by atoms with E-state index in [1.807, 2.05) is 6.92 Å². The van der Waals surface area contributed by atoms with Crippen molar-refractivity contribution in [3.05, 3.63) is 22.7 Å². The SMILES string of the molecule is CCn1ccnc(N[C@H]2CC[C@@H](C(=O)O)C2)c1=O. The molecule has 1 aromatic rings. The van der Waals surface area contributed by atoms with E-state index in [2.05, 4.69) is 10.3 Å². The Bertz CT molecular complexity index is 498. The number of aryl methyl sites for hydroxylation is 1. The van der Waals surface area contributed by atoms with Gasteiger partial charge >= 0.3 is 5.97 Å². The number of hydrogen-bond acceptors (Lipinski definition) is 4. The van der Waals surface area contributed by atoms with Gasteiger partial charge in [-0.05, 0) is 26.2 Å². The second kappa shape index (κ2) is 5.20. The highest BCUT2D eigenvalue weighted by atomic mass is 16.4. The molecule has 0 radical (unpaired) electrons. The summed E-state index contributed by atoms with van der Waals surface area (Å²) in [5.41, 5.74) is -0.154. The van der Waals surface area contributed by atoms with Crippen LogP contribution in [0.25, 0.3) is 0 Å². The van der Waals surface area contributed by atoms with Crippen molar-refractivity contribution in [1.29, 1.82) is 0 Å². The molecule has 0 amide bonds. The molecule has 18 heavy (non-hydrogen) atoms. The van der Waals surface area contributed by atoms with E-state index in [0.29, 0.717) is 25.2 Å². The first-order valence-corrected chi connectivity index (χ1v) is 6.16. The molecular weight excluding hydrogens is 234 g/mol. The van der Waals surface area contributed by atoms with E-state index < -0.39 is 5.97 Å². The monoisotopic (exact) mass is 251 g/mol. The third-order valence-electron chi connectivity index (χ3n) is 3.38. The Kier molecular flexibility index (Phi) is 3.64. The quantitative estimate of drug-likeness (QED) is 0.831. The smallest absolute Gasteiger partial charge is 0.306 e. The van der Waals surface area contributed by atoms with Crippen LogP contribution >= 0.6 is 0 Å². The minimum atomic E-state index is -0.758. The average Bonchev–Trinajstić information content (AvgIpc) is 2.80. The fourth-order valence-electron chi connectivity index (χ4n) is 2.33. The van der Waals surface area contributed by atoms with Crippen molar-refractivity contribution in [1.82, 2.24) is 9.55 Å². The van der Waals surface area contributed by atoms with Gasteiger partial charge in [-0.15, -0.1) is 0 Å². The van der Waals surface area contributed by atoms with Crippen LogP contribution in [0.4, 0.5) is 5.82 Å². The summed E-state index contributed by atoms with van der Waals surface area (Å²) in [6, 6.07) is 0.0269. The number of rotatable bonds is 4. The molecule has 0 saturated heterocycles. The normalized spacial score (nSPS) is 22.9. The topological polar surface area (TPSA) is 84.2 Å². The minimum absolute atomic E-state index is 0.0269. The molecule has 0 bridgehead atoms. The summed E-state index contributed by atoms with van der Waals surface area (Å²) in [5.74, 6) is -0.749. The first kappa shape index (κ1) is 12.6. The lowest BCUT2D eigenvalue weighted by molar-refractivity contribution is -0.141. The van der Waals surface area contributed by atoms with Crippen LogP contribution < -0.4 is 10.9 Å². The second-order valence-electron chi connectivity index (χ2n) is 4.56. The number of nitrogens with zero attached hydrogens (tertiary/aromatic N) is 2. The predicted octanol–water partition coefficient (Wildman–Crippen LogP) is 0.928. The molecule has 0 spiro atoms. The molecule has 0 aromatic carbocycles. The summed E-state index contributed by atoms with van der Waals surface area (Å²) in [7, 11) is 0. The van der Waals surface area contributed by atoms with Crippen LogP contribution in [-0.2, 0) is 11.3 Å². The Morgan fingerprint density at radius 1 is 1.61 bits per heavy atom. The number of hydrogen-bond donors (Lipinski definition) is 2. The van der Waals surface area contributed by atoms with E-state index in [9.17, 15) is 9.59 Å². The number of anilines is 1. The molecule has 1 aromatic heterocycles. The van der Waals surface area contributed by atoms with Crippen LogP contribution in [0.5, 0.6) is 0 Å². The Balaban J connectivity index is 2.07.